The molecule has 0 radical (unpaired) electrons. The second kappa shape index (κ2) is 6.00. The van der Waals surface area contributed by atoms with E-state index < -0.39 is 0 Å². The number of rotatable bonds is 3. The molecule has 4 rings (SSSR count). The molecule has 0 spiro atoms. The molecule has 5 heteroatoms. The zero-order valence-electron chi connectivity index (χ0n) is 13.5. The number of nitrogens with one attached hydrogen (secondary N) is 1. The zero-order chi connectivity index (χ0) is 16.5. The third kappa shape index (κ3) is 2.73. The number of amides is 1. The Morgan fingerprint density at radius 2 is 2.04 bits per heavy atom. The summed E-state index contributed by atoms with van der Waals surface area (Å²) in [5.41, 5.74) is 3.03. The highest BCUT2D eigenvalue weighted by atomic mass is 16.5. The normalized spacial score (nSPS) is 16.5. The van der Waals surface area contributed by atoms with Crippen molar-refractivity contribution in [2.24, 2.45) is 0 Å². The summed E-state index contributed by atoms with van der Waals surface area (Å²) in [6.45, 7) is 2.70. The van der Waals surface area contributed by atoms with E-state index in [-0.39, 0.29) is 18.5 Å². The first-order chi connectivity index (χ1) is 11.7. The number of aromatic nitrogens is 2. The topological polar surface area (TPSA) is 56.2 Å². The lowest BCUT2D eigenvalue weighted by Crippen LogP contribution is -2.44. The number of imidazole rings is 1. The van der Waals surface area contributed by atoms with Crippen molar-refractivity contribution in [2.45, 2.75) is 25.9 Å². The van der Waals surface area contributed by atoms with E-state index in [0.717, 1.165) is 34.6 Å². The van der Waals surface area contributed by atoms with Gasteiger partial charge in [-0.2, -0.15) is 0 Å². The highest BCUT2D eigenvalue weighted by Gasteiger charge is 2.21. The van der Waals surface area contributed by atoms with Crippen LogP contribution in [0.15, 0.2) is 48.5 Å². The number of benzene rings is 2. The van der Waals surface area contributed by atoms with E-state index in [0.29, 0.717) is 6.61 Å². The van der Waals surface area contributed by atoms with Crippen molar-refractivity contribution >= 4 is 16.9 Å². The summed E-state index contributed by atoms with van der Waals surface area (Å²) < 4.78 is 7.68. The lowest BCUT2D eigenvalue weighted by atomic mass is 10.0. The van der Waals surface area contributed by atoms with Crippen molar-refractivity contribution in [3.05, 3.63) is 59.9 Å². The summed E-state index contributed by atoms with van der Waals surface area (Å²) in [6, 6.07) is 15.8. The number of aryl methyl sites for hydroxylation is 1. The van der Waals surface area contributed by atoms with Gasteiger partial charge in [0.1, 0.15) is 24.7 Å². The molecule has 3 aromatic rings. The molecule has 2 aromatic carbocycles. The van der Waals surface area contributed by atoms with Crippen molar-refractivity contribution < 1.29 is 9.53 Å². The van der Waals surface area contributed by atoms with E-state index in [1.807, 2.05) is 60.0 Å². The molecule has 1 unspecified atom stereocenters. The van der Waals surface area contributed by atoms with Gasteiger partial charge < -0.3 is 14.6 Å². The number of nitrogens with zero attached hydrogens (tertiary/aromatic N) is 2. The molecule has 1 aliphatic rings. The molecule has 1 aliphatic heterocycles. The number of fused-ring (bicyclic) bond motifs is 2. The fourth-order valence-electron chi connectivity index (χ4n) is 3.23. The highest BCUT2D eigenvalue weighted by Crippen LogP contribution is 2.24. The fraction of sp³-hybridized carbons (Fsp3) is 0.263. The van der Waals surface area contributed by atoms with E-state index in [4.69, 9.17) is 4.74 Å². The summed E-state index contributed by atoms with van der Waals surface area (Å²) >= 11 is 0. The van der Waals surface area contributed by atoms with Crippen LogP contribution in [-0.2, 0) is 17.8 Å². The van der Waals surface area contributed by atoms with Crippen LogP contribution < -0.4 is 10.1 Å². The third-order valence-corrected chi connectivity index (χ3v) is 4.39. The van der Waals surface area contributed by atoms with Crippen molar-refractivity contribution in [3.8, 4) is 5.75 Å². The maximum Gasteiger partial charge on any atom is 0.240 e. The first-order valence-corrected chi connectivity index (χ1v) is 8.12. The van der Waals surface area contributed by atoms with Gasteiger partial charge in [-0.05, 0) is 37.1 Å². The van der Waals surface area contributed by atoms with Crippen LogP contribution in [0, 0.1) is 6.92 Å². The summed E-state index contributed by atoms with van der Waals surface area (Å²) in [5, 5.41) is 3.08. The van der Waals surface area contributed by atoms with E-state index >= 15 is 0 Å². The Balaban J connectivity index is 1.46. The van der Waals surface area contributed by atoms with Gasteiger partial charge in [0.2, 0.25) is 5.91 Å². The monoisotopic (exact) mass is 321 g/mol. The standard InChI is InChI=1S/C19H19N3O2/c1-13-20-16-7-3-4-8-17(16)22(13)11-19(23)21-15-10-14-6-2-5-9-18(14)24-12-15/h2-9,15H,10-12H2,1H3,(H,21,23). The lowest BCUT2D eigenvalue weighted by Gasteiger charge is -2.26. The SMILES string of the molecule is Cc1nc2ccccc2n1CC(=O)NC1COc2ccccc2C1. The Morgan fingerprint density at radius 1 is 1.25 bits per heavy atom. The Kier molecular flexibility index (Phi) is 3.69. The molecule has 0 fully saturated rings. The van der Waals surface area contributed by atoms with E-state index in [2.05, 4.69) is 10.3 Å². The van der Waals surface area contributed by atoms with Gasteiger partial charge in [-0.3, -0.25) is 4.79 Å². The molecule has 5 nitrogen and oxygen atoms in total. The van der Waals surface area contributed by atoms with Crippen LogP contribution in [0.5, 0.6) is 5.75 Å². The molecule has 2 heterocycles. The molecule has 1 aromatic heterocycles. The molecule has 0 aliphatic carbocycles. The zero-order valence-corrected chi connectivity index (χ0v) is 13.5. The molecule has 0 bridgehead atoms. The molecule has 0 saturated carbocycles. The van der Waals surface area contributed by atoms with Crippen LogP contribution >= 0.6 is 0 Å². The first-order valence-electron chi connectivity index (χ1n) is 8.12. The number of para-hydroxylation sites is 3. The highest BCUT2D eigenvalue weighted by molar-refractivity contribution is 5.81. The second-order valence-electron chi connectivity index (χ2n) is 6.12. The quantitative estimate of drug-likeness (QED) is 0.806. The average molecular weight is 321 g/mol. The van der Waals surface area contributed by atoms with E-state index in [9.17, 15) is 4.79 Å². The number of hydrogen-bond donors (Lipinski definition) is 1. The molecule has 122 valence electrons. The molecule has 1 amide bonds. The number of ether oxygens (including phenoxy) is 1. The minimum atomic E-state index is -0.0192. The molecule has 24 heavy (non-hydrogen) atoms. The smallest absolute Gasteiger partial charge is 0.240 e. The van der Waals surface area contributed by atoms with Crippen molar-refractivity contribution in [1.82, 2.24) is 14.9 Å². The van der Waals surface area contributed by atoms with Crippen LogP contribution in [0.1, 0.15) is 11.4 Å². The minimum Gasteiger partial charge on any atom is -0.491 e. The van der Waals surface area contributed by atoms with Gasteiger partial charge >= 0.3 is 0 Å². The Labute approximate surface area is 140 Å². The maximum atomic E-state index is 12.5. The van der Waals surface area contributed by atoms with Crippen molar-refractivity contribution in [2.75, 3.05) is 6.61 Å². The van der Waals surface area contributed by atoms with Crippen LogP contribution in [0.4, 0.5) is 0 Å². The summed E-state index contributed by atoms with van der Waals surface area (Å²) in [6.07, 6.45) is 0.797. The number of carbonyl (C=O) groups excluding carboxylic acids is 1. The van der Waals surface area contributed by atoms with E-state index in [1.54, 1.807) is 0 Å². The van der Waals surface area contributed by atoms with E-state index in [1.165, 1.54) is 0 Å². The maximum absolute atomic E-state index is 12.5. The van der Waals surface area contributed by atoms with Crippen molar-refractivity contribution in [3.63, 3.8) is 0 Å². The average Bonchev–Trinajstić information content (AvgIpc) is 2.90. The van der Waals surface area contributed by atoms with Gasteiger partial charge in [0, 0.05) is 0 Å². The number of hydrogen-bond acceptors (Lipinski definition) is 3. The van der Waals surface area contributed by atoms with Crippen LogP contribution in [-0.4, -0.2) is 28.1 Å². The minimum absolute atomic E-state index is 0.00231. The molecule has 0 saturated heterocycles. The van der Waals surface area contributed by atoms with Crippen LogP contribution in [0.2, 0.25) is 0 Å². The molecular formula is C19H19N3O2. The lowest BCUT2D eigenvalue weighted by molar-refractivity contribution is -0.122. The predicted molar refractivity (Wildman–Crippen MR) is 92.0 cm³/mol. The molecule has 1 N–H and O–H groups in total. The summed E-state index contributed by atoms with van der Waals surface area (Å²) in [4.78, 5) is 17.0. The molecular weight excluding hydrogens is 302 g/mol. The second-order valence-corrected chi connectivity index (χ2v) is 6.12. The van der Waals surface area contributed by atoms with Crippen LogP contribution in [0.25, 0.3) is 11.0 Å². The van der Waals surface area contributed by atoms with Gasteiger partial charge in [0.25, 0.3) is 0 Å². The molecule has 1 atom stereocenters. The first kappa shape index (κ1) is 14.8. The van der Waals surface area contributed by atoms with Gasteiger partial charge in [0.05, 0.1) is 17.1 Å². The Morgan fingerprint density at radius 3 is 2.96 bits per heavy atom. The Hall–Kier alpha value is -2.82. The Bertz CT molecular complexity index is 901. The number of carbonyl (C=O) groups is 1. The predicted octanol–water partition coefficient (Wildman–Crippen LogP) is 2.46. The van der Waals surface area contributed by atoms with Gasteiger partial charge in [-0.15, -0.1) is 0 Å². The fourth-order valence-corrected chi connectivity index (χ4v) is 3.23. The summed E-state index contributed by atoms with van der Waals surface area (Å²) in [7, 11) is 0. The summed E-state index contributed by atoms with van der Waals surface area (Å²) in [5.74, 6) is 1.74. The van der Waals surface area contributed by atoms with Gasteiger partial charge in [0.15, 0.2) is 0 Å². The third-order valence-electron chi connectivity index (χ3n) is 4.39. The largest absolute Gasteiger partial charge is 0.491 e. The van der Waals surface area contributed by atoms with Crippen molar-refractivity contribution in [1.29, 1.82) is 0 Å². The van der Waals surface area contributed by atoms with Gasteiger partial charge in [-0.1, -0.05) is 30.3 Å². The van der Waals surface area contributed by atoms with Crippen LogP contribution in [0.3, 0.4) is 0 Å². The van der Waals surface area contributed by atoms with Gasteiger partial charge in [-0.25, -0.2) is 4.98 Å².